The molecule has 0 atom stereocenters. The molecule has 0 heterocycles. The molecule has 0 bridgehead atoms. The smallest absolute Gasteiger partial charge is 0.156 e. The summed E-state index contributed by atoms with van der Waals surface area (Å²) in [6, 6.07) is 18.9. The number of halogens is 1. The molecule has 0 saturated carbocycles. The van der Waals surface area contributed by atoms with Crippen molar-refractivity contribution in [1.29, 1.82) is 0 Å². The third-order valence-electron chi connectivity index (χ3n) is 5.56. The van der Waals surface area contributed by atoms with Gasteiger partial charge in [0, 0.05) is 6.42 Å². The molecular weight excluding hydrogens is 451 g/mol. The van der Waals surface area contributed by atoms with Crippen molar-refractivity contribution in [3.05, 3.63) is 71.8 Å². The number of rotatable bonds is 9. The molecule has 0 aliphatic carbocycles. The van der Waals surface area contributed by atoms with Crippen LogP contribution in [0.15, 0.2) is 65.8 Å². The average molecular weight is 482 g/mol. The lowest BCUT2D eigenvalue weighted by Gasteiger charge is -2.33. The molecule has 0 saturated heterocycles. The summed E-state index contributed by atoms with van der Waals surface area (Å²) in [4.78, 5) is 0. The van der Waals surface area contributed by atoms with Gasteiger partial charge >= 0.3 is 0 Å². The number of hydrogen-bond donors (Lipinski definition) is 2. The summed E-state index contributed by atoms with van der Waals surface area (Å²) in [5.41, 5.74) is 0.372. The molecule has 2 N–H and O–H groups in total. The minimum atomic E-state index is -1.43. The fourth-order valence-corrected chi connectivity index (χ4v) is 3.33. The zero-order valence-corrected chi connectivity index (χ0v) is 18.6. The summed E-state index contributed by atoms with van der Waals surface area (Å²) < 4.78 is 0.966. The van der Waals surface area contributed by atoms with Crippen LogP contribution in [0.5, 0.6) is 0 Å². The number of quaternary nitrogens is 1. The molecule has 2 aromatic rings. The van der Waals surface area contributed by atoms with Crippen molar-refractivity contribution < 1.29 is 38.8 Å². The van der Waals surface area contributed by atoms with E-state index in [1.165, 1.54) is 0 Å². The van der Waals surface area contributed by atoms with E-state index in [0.717, 1.165) is 30.5 Å². The predicted octanol–water partition coefficient (Wildman–Crippen LogP) is 1.02. The first-order valence-electron chi connectivity index (χ1n) is 9.38. The van der Waals surface area contributed by atoms with Crippen molar-refractivity contribution in [3.63, 3.8) is 0 Å². The SMILES string of the molecule is CC[N+](C)(CC)CCCC(=NO)C(O)(c1ccccc1)c1ccccc1.[I-]. The van der Waals surface area contributed by atoms with Crippen molar-refractivity contribution in [2.75, 3.05) is 26.7 Å². The second kappa shape index (κ2) is 10.8. The molecule has 0 radical (unpaired) electrons. The Hall–Kier alpha value is -1.44. The highest BCUT2D eigenvalue weighted by molar-refractivity contribution is 5.96. The summed E-state index contributed by atoms with van der Waals surface area (Å²) in [6.07, 6.45) is 1.38. The molecule has 27 heavy (non-hydrogen) atoms. The maximum Gasteiger partial charge on any atom is 0.156 e. The van der Waals surface area contributed by atoms with Crippen LogP contribution in [-0.2, 0) is 5.60 Å². The van der Waals surface area contributed by atoms with Gasteiger partial charge in [0.05, 0.1) is 32.4 Å². The van der Waals surface area contributed by atoms with E-state index < -0.39 is 5.60 Å². The maximum atomic E-state index is 11.7. The first-order valence-corrected chi connectivity index (χ1v) is 9.38. The lowest BCUT2D eigenvalue weighted by atomic mass is 9.80. The van der Waals surface area contributed by atoms with Crippen molar-refractivity contribution in [2.24, 2.45) is 5.16 Å². The van der Waals surface area contributed by atoms with Crippen LogP contribution >= 0.6 is 0 Å². The number of benzene rings is 2. The Morgan fingerprint density at radius 3 is 1.74 bits per heavy atom. The van der Waals surface area contributed by atoms with Gasteiger partial charge in [-0.25, -0.2) is 0 Å². The van der Waals surface area contributed by atoms with Gasteiger partial charge < -0.3 is 38.8 Å². The normalized spacial score (nSPS) is 12.5. The average Bonchev–Trinajstić information content (AvgIpc) is 2.71. The second-order valence-corrected chi connectivity index (χ2v) is 7.07. The molecule has 0 fully saturated rings. The standard InChI is InChI=1S/C22H30N2O2.HI/c1-4-24(3,5-2)18-12-17-21(23-26)22(25,19-13-8-6-9-14-19)20-15-10-7-11-16-20;/h6-11,13-16,25H,4-5,12,17-18H2,1-3H3;1H. The molecule has 0 spiro atoms. The Morgan fingerprint density at radius 2 is 1.37 bits per heavy atom. The molecule has 0 aromatic heterocycles. The second-order valence-electron chi connectivity index (χ2n) is 7.07. The molecule has 2 aromatic carbocycles. The van der Waals surface area contributed by atoms with E-state index >= 15 is 0 Å². The van der Waals surface area contributed by atoms with E-state index in [2.05, 4.69) is 26.1 Å². The van der Waals surface area contributed by atoms with E-state index in [4.69, 9.17) is 0 Å². The van der Waals surface area contributed by atoms with Gasteiger partial charge in [0.25, 0.3) is 0 Å². The molecule has 5 heteroatoms. The van der Waals surface area contributed by atoms with Gasteiger partial charge in [-0.2, -0.15) is 0 Å². The molecule has 0 amide bonds. The third kappa shape index (κ3) is 5.53. The minimum Gasteiger partial charge on any atom is -1.00 e. The highest BCUT2D eigenvalue weighted by Crippen LogP contribution is 2.33. The summed E-state index contributed by atoms with van der Waals surface area (Å²) >= 11 is 0. The zero-order valence-electron chi connectivity index (χ0n) is 16.5. The molecule has 148 valence electrons. The highest BCUT2D eigenvalue weighted by atomic mass is 127. The Bertz CT molecular complexity index is 661. The fourth-order valence-electron chi connectivity index (χ4n) is 3.33. The quantitative estimate of drug-likeness (QED) is 0.185. The zero-order chi connectivity index (χ0) is 19.0. The van der Waals surface area contributed by atoms with Crippen molar-refractivity contribution in [3.8, 4) is 0 Å². The van der Waals surface area contributed by atoms with Crippen LogP contribution in [0.25, 0.3) is 0 Å². The third-order valence-corrected chi connectivity index (χ3v) is 5.56. The largest absolute Gasteiger partial charge is 1.00 e. The van der Waals surface area contributed by atoms with Gasteiger partial charge in [0.2, 0.25) is 0 Å². The minimum absolute atomic E-state index is 0. The summed E-state index contributed by atoms with van der Waals surface area (Å²) in [5, 5.41) is 25.0. The van der Waals surface area contributed by atoms with Crippen LogP contribution < -0.4 is 24.0 Å². The first kappa shape index (κ1) is 23.6. The van der Waals surface area contributed by atoms with E-state index in [-0.39, 0.29) is 24.0 Å². The van der Waals surface area contributed by atoms with Gasteiger partial charge in [-0.3, -0.25) is 0 Å². The van der Waals surface area contributed by atoms with Gasteiger partial charge in [0.1, 0.15) is 0 Å². The van der Waals surface area contributed by atoms with Gasteiger partial charge in [-0.1, -0.05) is 65.8 Å². The molecule has 0 aliphatic heterocycles. The number of aliphatic hydroxyl groups is 1. The van der Waals surface area contributed by atoms with Crippen molar-refractivity contribution in [1.82, 2.24) is 0 Å². The molecule has 0 aliphatic rings. The molecule has 0 unspecified atom stereocenters. The number of oxime groups is 1. The Morgan fingerprint density at radius 1 is 0.926 bits per heavy atom. The van der Waals surface area contributed by atoms with Crippen LogP contribution in [-0.4, -0.2) is 47.2 Å². The lowest BCUT2D eigenvalue weighted by Crippen LogP contribution is -3.00. The predicted molar refractivity (Wildman–Crippen MR) is 106 cm³/mol. The summed E-state index contributed by atoms with van der Waals surface area (Å²) in [7, 11) is 2.23. The number of hydrogen-bond acceptors (Lipinski definition) is 3. The van der Waals surface area contributed by atoms with Crippen LogP contribution in [0.1, 0.15) is 37.8 Å². The van der Waals surface area contributed by atoms with Crippen molar-refractivity contribution >= 4 is 5.71 Å². The van der Waals surface area contributed by atoms with E-state index in [0.29, 0.717) is 23.3 Å². The Labute approximate surface area is 180 Å². The summed E-state index contributed by atoms with van der Waals surface area (Å²) in [5.74, 6) is 0. The monoisotopic (exact) mass is 482 g/mol. The maximum absolute atomic E-state index is 11.7. The van der Waals surface area contributed by atoms with E-state index in [9.17, 15) is 10.3 Å². The number of nitrogens with zero attached hydrogens (tertiary/aromatic N) is 2. The van der Waals surface area contributed by atoms with E-state index in [1.54, 1.807) is 0 Å². The van der Waals surface area contributed by atoms with Gasteiger partial charge in [0.15, 0.2) is 5.60 Å². The first-order chi connectivity index (χ1) is 12.5. The summed E-state index contributed by atoms with van der Waals surface area (Å²) in [6.45, 7) is 7.47. The molecule has 2 rings (SSSR count). The van der Waals surface area contributed by atoms with Gasteiger partial charge in [-0.05, 0) is 31.4 Å². The molecule has 4 nitrogen and oxygen atoms in total. The van der Waals surface area contributed by atoms with Crippen LogP contribution in [0, 0.1) is 0 Å². The lowest BCUT2D eigenvalue weighted by molar-refractivity contribution is -0.906. The topological polar surface area (TPSA) is 52.8 Å². The molecular formula is C22H31IN2O2. The van der Waals surface area contributed by atoms with Crippen LogP contribution in [0.4, 0.5) is 0 Å². The highest BCUT2D eigenvalue weighted by Gasteiger charge is 2.37. The Kier molecular flexibility index (Phi) is 9.42. The van der Waals surface area contributed by atoms with Crippen LogP contribution in [0.2, 0.25) is 0 Å². The fraction of sp³-hybridized carbons (Fsp3) is 0.409. The van der Waals surface area contributed by atoms with Gasteiger partial charge in [-0.15, -0.1) is 0 Å². The Balaban J connectivity index is 0.00000364. The van der Waals surface area contributed by atoms with E-state index in [1.807, 2.05) is 60.7 Å². The van der Waals surface area contributed by atoms with Crippen molar-refractivity contribution in [2.45, 2.75) is 32.3 Å². The van der Waals surface area contributed by atoms with Crippen LogP contribution in [0.3, 0.4) is 0 Å².